The predicted octanol–water partition coefficient (Wildman–Crippen LogP) is 1.62. The molecule has 4 rings (SSSR count). The van der Waals surface area contributed by atoms with Crippen LogP contribution >= 0.6 is 0 Å². The van der Waals surface area contributed by atoms with Gasteiger partial charge in [-0.2, -0.15) is 5.10 Å². The first-order chi connectivity index (χ1) is 13.0. The fraction of sp³-hybridized carbons (Fsp3) is 0.222. The van der Waals surface area contributed by atoms with E-state index in [9.17, 15) is 14.0 Å². The zero-order chi connectivity index (χ0) is 19.0. The summed E-state index contributed by atoms with van der Waals surface area (Å²) in [5.41, 5.74) is -0.0673. The average Bonchev–Trinajstić information content (AvgIpc) is 3.30. The van der Waals surface area contributed by atoms with Crippen LogP contribution in [0.25, 0.3) is 22.3 Å². The monoisotopic (exact) mass is 369 g/mol. The second-order valence-electron chi connectivity index (χ2n) is 6.22. The number of rotatable bonds is 4. The quantitative estimate of drug-likeness (QED) is 0.680. The number of hydrogen-bond donors (Lipinski definition) is 2. The lowest BCUT2D eigenvalue weighted by molar-refractivity contribution is -0.125. The number of pyridine rings is 1. The van der Waals surface area contributed by atoms with E-state index in [1.807, 2.05) is 0 Å². The maximum absolute atomic E-state index is 13.8. The van der Waals surface area contributed by atoms with Crippen LogP contribution in [0.3, 0.4) is 0 Å². The fourth-order valence-corrected chi connectivity index (χ4v) is 3.10. The Labute approximate surface area is 152 Å². The molecular formula is C18H16FN5O3. The molecule has 1 fully saturated rings. The van der Waals surface area contributed by atoms with Gasteiger partial charge in [0.15, 0.2) is 5.82 Å². The van der Waals surface area contributed by atoms with E-state index >= 15 is 0 Å². The molecule has 1 unspecified atom stereocenters. The summed E-state index contributed by atoms with van der Waals surface area (Å²) >= 11 is 0. The van der Waals surface area contributed by atoms with E-state index in [0.29, 0.717) is 36.0 Å². The summed E-state index contributed by atoms with van der Waals surface area (Å²) < 4.78 is 19.8. The van der Waals surface area contributed by atoms with E-state index in [1.165, 1.54) is 18.2 Å². The molecule has 1 aromatic carbocycles. The Hall–Kier alpha value is -3.49. The van der Waals surface area contributed by atoms with Crippen LogP contribution in [0.4, 0.5) is 4.39 Å². The third-order valence-corrected chi connectivity index (χ3v) is 4.41. The summed E-state index contributed by atoms with van der Waals surface area (Å²) in [6, 6.07) is 5.98. The lowest BCUT2D eigenvalue weighted by Crippen LogP contribution is -2.29. The number of H-pyrrole nitrogens is 2. The third kappa shape index (κ3) is 3.31. The minimum absolute atomic E-state index is 0.159. The lowest BCUT2D eigenvalue weighted by Gasteiger charge is -2.16. The van der Waals surface area contributed by atoms with E-state index in [1.54, 1.807) is 17.0 Å². The zero-order valence-corrected chi connectivity index (χ0v) is 14.2. The van der Waals surface area contributed by atoms with Gasteiger partial charge < -0.3 is 9.64 Å². The maximum atomic E-state index is 13.8. The molecule has 3 heterocycles. The van der Waals surface area contributed by atoms with Gasteiger partial charge in [-0.15, -0.1) is 0 Å². The van der Waals surface area contributed by atoms with Crippen molar-refractivity contribution in [2.24, 2.45) is 0 Å². The number of hydrogen-bond acceptors (Lipinski definition) is 5. The molecule has 1 saturated heterocycles. The molecule has 0 bridgehead atoms. The highest BCUT2D eigenvalue weighted by Gasteiger charge is 2.27. The van der Waals surface area contributed by atoms with E-state index in [0.717, 1.165) is 0 Å². The number of aromatic amines is 2. The first-order valence-electron chi connectivity index (χ1n) is 8.37. The summed E-state index contributed by atoms with van der Waals surface area (Å²) in [6.45, 7) is 4.43. The highest BCUT2D eigenvalue weighted by Crippen LogP contribution is 2.30. The van der Waals surface area contributed by atoms with Gasteiger partial charge in [0.05, 0.1) is 6.54 Å². The van der Waals surface area contributed by atoms with Crippen molar-refractivity contribution in [1.82, 2.24) is 25.1 Å². The molecule has 9 heteroatoms. The van der Waals surface area contributed by atoms with Crippen molar-refractivity contribution in [2.75, 3.05) is 13.1 Å². The average molecular weight is 369 g/mol. The second kappa shape index (κ2) is 6.67. The van der Waals surface area contributed by atoms with Gasteiger partial charge in [0.25, 0.3) is 0 Å². The Morgan fingerprint density at radius 1 is 1.41 bits per heavy atom. The molecule has 1 aliphatic rings. The molecule has 1 atom stereocenters. The van der Waals surface area contributed by atoms with Crippen molar-refractivity contribution in [3.8, 4) is 17.4 Å². The smallest absolute Gasteiger partial charge is 0.340 e. The van der Waals surface area contributed by atoms with Crippen LogP contribution in [0.2, 0.25) is 0 Å². The normalized spacial score (nSPS) is 16.6. The standard InChI is InChI=1S/C18H16FN5O3/c1-2-15(25)24-6-5-12(9-24)27-17-13-8-11(19)4-3-10(13)7-14(20-17)16-21-18(26)23-22-16/h2-4,7-8,12H,1,5-6,9H2,(H2,21,22,23,26). The van der Waals surface area contributed by atoms with Crippen molar-refractivity contribution in [2.45, 2.75) is 12.5 Å². The molecular weight excluding hydrogens is 353 g/mol. The molecule has 2 aromatic heterocycles. The Balaban J connectivity index is 1.72. The van der Waals surface area contributed by atoms with Crippen molar-refractivity contribution in [1.29, 1.82) is 0 Å². The van der Waals surface area contributed by atoms with Crippen molar-refractivity contribution in [3.05, 3.63) is 53.2 Å². The van der Waals surface area contributed by atoms with Crippen LogP contribution in [0, 0.1) is 5.82 Å². The minimum Gasteiger partial charge on any atom is -0.472 e. The highest BCUT2D eigenvalue weighted by atomic mass is 19.1. The minimum atomic E-state index is -0.456. The van der Waals surface area contributed by atoms with Gasteiger partial charge in [0.2, 0.25) is 11.8 Å². The number of nitrogens with zero attached hydrogens (tertiary/aromatic N) is 3. The number of fused-ring (bicyclic) bond motifs is 1. The van der Waals surface area contributed by atoms with Crippen LogP contribution in [0.1, 0.15) is 6.42 Å². The van der Waals surface area contributed by atoms with Crippen molar-refractivity contribution < 1.29 is 13.9 Å². The summed E-state index contributed by atoms with van der Waals surface area (Å²) in [4.78, 5) is 31.7. The number of carbonyl (C=O) groups excluding carboxylic acids is 1. The second-order valence-corrected chi connectivity index (χ2v) is 6.22. The van der Waals surface area contributed by atoms with E-state index in [4.69, 9.17) is 4.74 Å². The molecule has 27 heavy (non-hydrogen) atoms. The van der Waals surface area contributed by atoms with Gasteiger partial charge in [-0.25, -0.2) is 19.3 Å². The predicted molar refractivity (Wildman–Crippen MR) is 95.7 cm³/mol. The molecule has 0 aliphatic carbocycles. The molecule has 0 spiro atoms. The number of halogens is 1. The van der Waals surface area contributed by atoms with Crippen molar-refractivity contribution >= 4 is 16.7 Å². The van der Waals surface area contributed by atoms with Crippen LogP contribution in [0.5, 0.6) is 5.88 Å². The number of benzene rings is 1. The SMILES string of the molecule is C=CC(=O)N1CCC(Oc2nc(-c3n[nH]c(=O)[nH]3)cc3ccc(F)cc23)C1. The molecule has 2 N–H and O–H groups in total. The van der Waals surface area contributed by atoms with Crippen LogP contribution in [-0.4, -0.2) is 50.2 Å². The molecule has 0 radical (unpaired) electrons. The van der Waals surface area contributed by atoms with Gasteiger partial charge >= 0.3 is 5.69 Å². The largest absolute Gasteiger partial charge is 0.472 e. The Morgan fingerprint density at radius 2 is 2.26 bits per heavy atom. The fourth-order valence-electron chi connectivity index (χ4n) is 3.10. The molecule has 0 saturated carbocycles. The van der Waals surface area contributed by atoms with Gasteiger partial charge in [-0.05, 0) is 29.7 Å². The number of likely N-dealkylation sites (tertiary alicyclic amines) is 1. The van der Waals surface area contributed by atoms with Gasteiger partial charge in [-0.3, -0.25) is 9.78 Å². The lowest BCUT2D eigenvalue weighted by atomic mass is 10.1. The van der Waals surface area contributed by atoms with E-state index < -0.39 is 11.5 Å². The van der Waals surface area contributed by atoms with Crippen molar-refractivity contribution in [3.63, 3.8) is 0 Å². The summed E-state index contributed by atoms with van der Waals surface area (Å²) in [5, 5.41) is 7.36. The Kier molecular flexibility index (Phi) is 4.19. The van der Waals surface area contributed by atoms with Crippen LogP contribution in [0.15, 0.2) is 41.7 Å². The van der Waals surface area contributed by atoms with E-state index in [-0.39, 0.29) is 23.7 Å². The summed E-state index contributed by atoms with van der Waals surface area (Å²) in [5.74, 6) is -0.0903. The Morgan fingerprint density at radius 3 is 3.00 bits per heavy atom. The Bertz CT molecular complexity index is 1090. The maximum Gasteiger partial charge on any atom is 0.340 e. The molecule has 138 valence electrons. The number of aromatic nitrogens is 4. The van der Waals surface area contributed by atoms with Crippen LogP contribution < -0.4 is 10.4 Å². The number of ether oxygens (including phenoxy) is 1. The topological polar surface area (TPSA) is 104 Å². The third-order valence-electron chi connectivity index (χ3n) is 4.41. The number of amides is 1. The first-order valence-corrected chi connectivity index (χ1v) is 8.37. The van der Waals surface area contributed by atoms with E-state index in [2.05, 4.69) is 26.7 Å². The van der Waals surface area contributed by atoms with Gasteiger partial charge in [0.1, 0.15) is 17.6 Å². The summed E-state index contributed by atoms with van der Waals surface area (Å²) in [7, 11) is 0. The number of carbonyl (C=O) groups is 1. The molecule has 3 aromatic rings. The first kappa shape index (κ1) is 17.0. The summed E-state index contributed by atoms with van der Waals surface area (Å²) in [6.07, 6.45) is 1.61. The molecule has 8 nitrogen and oxygen atoms in total. The van der Waals surface area contributed by atoms with Gasteiger partial charge in [-0.1, -0.05) is 12.6 Å². The molecule has 1 amide bonds. The van der Waals surface area contributed by atoms with Crippen LogP contribution in [-0.2, 0) is 4.79 Å². The van der Waals surface area contributed by atoms with Gasteiger partial charge in [0, 0.05) is 18.4 Å². The number of nitrogens with one attached hydrogen (secondary N) is 2. The highest BCUT2D eigenvalue weighted by molar-refractivity contribution is 5.89. The molecule has 1 aliphatic heterocycles. The zero-order valence-electron chi connectivity index (χ0n) is 14.2.